The van der Waals surface area contributed by atoms with E-state index in [0.717, 1.165) is 4.90 Å². The van der Waals surface area contributed by atoms with Crippen LogP contribution in [0.4, 0.5) is 0 Å². The Hall–Kier alpha value is -6.03. The molecule has 15 N–H and O–H groups in total. The summed E-state index contributed by atoms with van der Waals surface area (Å²) in [5, 5.41) is 49.2. The number of carbonyl (C=O) groups excluding carboxylic acids is 6. The minimum absolute atomic E-state index is 0.0192. The van der Waals surface area contributed by atoms with E-state index < -0.39 is 104 Å². The number of carboxylic acid groups (broad SMARTS) is 2. The molecule has 22 heteroatoms. The molecular formula is C31H46N10O12. The molecule has 292 valence electrons. The van der Waals surface area contributed by atoms with Crippen LogP contribution < -0.4 is 43.8 Å². The lowest BCUT2D eigenvalue weighted by atomic mass is 10.1. The molecule has 6 amide bonds. The Balaban J connectivity index is 2.00. The van der Waals surface area contributed by atoms with Crippen molar-refractivity contribution in [3.63, 3.8) is 0 Å². The molecule has 0 saturated carbocycles. The van der Waals surface area contributed by atoms with Crippen LogP contribution in [-0.4, -0.2) is 142 Å². The summed E-state index contributed by atoms with van der Waals surface area (Å²) >= 11 is 0. The molecule has 0 unspecified atom stereocenters. The van der Waals surface area contributed by atoms with Gasteiger partial charge in [-0.3, -0.25) is 38.6 Å². The van der Waals surface area contributed by atoms with Gasteiger partial charge in [0.2, 0.25) is 35.4 Å². The van der Waals surface area contributed by atoms with Crippen LogP contribution in [0.3, 0.4) is 0 Å². The monoisotopic (exact) mass is 750 g/mol. The number of carbonyl (C=O) groups is 8. The molecule has 1 aliphatic heterocycles. The molecule has 0 bridgehead atoms. The smallest absolute Gasteiger partial charge is 0.326 e. The minimum Gasteiger partial charge on any atom is -0.508 e. The number of phenolic OH excluding ortho intramolecular Hbond substituents is 1. The number of phenols is 1. The molecule has 1 aromatic carbocycles. The maximum Gasteiger partial charge on any atom is 0.326 e. The number of nitrogens with zero attached hydrogens (tertiary/aromatic N) is 2. The zero-order valence-corrected chi connectivity index (χ0v) is 28.7. The van der Waals surface area contributed by atoms with Gasteiger partial charge in [-0.2, -0.15) is 0 Å². The second-order valence-corrected chi connectivity index (χ2v) is 12.0. The van der Waals surface area contributed by atoms with E-state index >= 15 is 0 Å². The van der Waals surface area contributed by atoms with Crippen molar-refractivity contribution >= 4 is 53.3 Å². The van der Waals surface area contributed by atoms with Gasteiger partial charge in [0.05, 0.1) is 32.2 Å². The number of likely N-dealkylation sites (tertiary alicyclic amines) is 1. The van der Waals surface area contributed by atoms with E-state index in [9.17, 15) is 58.8 Å². The van der Waals surface area contributed by atoms with Crippen LogP contribution in [0.1, 0.15) is 37.7 Å². The highest BCUT2D eigenvalue weighted by atomic mass is 16.4. The minimum atomic E-state index is -1.69. The lowest BCUT2D eigenvalue weighted by Gasteiger charge is -2.27. The number of benzene rings is 1. The first kappa shape index (κ1) is 43.1. The van der Waals surface area contributed by atoms with Gasteiger partial charge >= 0.3 is 11.9 Å². The number of amides is 6. The van der Waals surface area contributed by atoms with Crippen molar-refractivity contribution < 1.29 is 58.8 Å². The quantitative estimate of drug-likeness (QED) is 0.0317. The van der Waals surface area contributed by atoms with Gasteiger partial charge in [0.15, 0.2) is 5.96 Å². The third kappa shape index (κ3) is 15.0. The number of hydrogen-bond donors (Lipinski definition) is 12. The SMILES string of the molecule is NC(N)=NCCC[C@H](NC(=O)CNC(=O)[C@H](CC(=O)O)NC(=O)CNC(=O)[C@@H](N)Cc1ccc(O)cc1)C(=O)N[C@@H](CO)C(=O)N1CCC[C@H]1C(=O)O. The van der Waals surface area contributed by atoms with Crippen molar-refractivity contribution in [2.75, 3.05) is 32.8 Å². The first-order valence-corrected chi connectivity index (χ1v) is 16.4. The average Bonchev–Trinajstić information content (AvgIpc) is 3.60. The first-order chi connectivity index (χ1) is 25.0. The van der Waals surface area contributed by atoms with Crippen LogP contribution in [0.25, 0.3) is 0 Å². The summed E-state index contributed by atoms with van der Waals surface area (Å²) in [6, 6.07) is -0.895. The summed E-state index contributed by atoms with van der Waals surface area (Å²) in [5.41, 5.74) is 17.1. The average molecular weight is 751 g/mol. The molecule has 0 aliphatic carbocycles. The number of hydrogen-bond acceptors (Lipinski definition) is 12. The number of aliphatic hydroxyl groups is 1. The van der Waals surface area contributed by atoms with Crippen LogP contribution in [0.5, 0.6) is 5.75 Å². The van der Waals surface area contributed by atoms with E-state index in [1.165, 1.54) is 12.1 Å². The number of guanidine groups is 1. The zero-order chi connectivity index (χ0) is 39.7. The van der Waals surface area contributed by atoms with Gasteiger partial charge in [0.25, 0.3) is 0 Å². The Morgan fingerprint density at radius 1 is 0.849 bits per heavy atom. The second-order valence-electron chi connectivity index (χ2n) is 12.0. The maximum absolute atomic E-state index is 13.2. The predicted octanol–water partition coefficient (Wildman–Crippen LogP) is -5.46. The Morgan fingerprint density at radius 2 is 1.45 bits per heavy atom. The van der Waals surface area contributed by atoms with Gasteiger partial charge in [-0.05, 0) is 49.8 Å². The first-order valence-electron chi connectivity index (χ1n) is 16.4. The molecule has 0 radical (unpaired) electrons. The van der Waals surface area contributed by atoms with Crippen molar-refractivity contribution in [3.05, 3.63) is 29.8 Å². The highest BCUT2D eigenvalue weighted by molar-refractivity contribution is 5.96. The van der Waals surface area contributed by atoms with Gasteiger partial charge in [-0.15, -0.1) is 0 Å². The van der Waals surface area contributed by atoms with Crippen molar-refractivity contribution in [2.24, 2.45) is 22.2 Å². The van der Waals surface area contributed by atoms with Gasteiger partial charge in [-0.25, -0.2) is 4.79 Å². The van der Waals surface area contributed by atoms with Crippen molar-refractivity contribution in [1.29, 1.82) is 0 Å². The fourth-order valence-electron chi connectivity index (χ4n) is 5.16. The predicted molar refractivity (Wildman–Crippen MR) is 183 cm³/mol. The van der Waals surface area contributed by atoms with Crippen LogP contribution in [0.15, 0.2) is 29.3 Å². The number of nitrogens with one attached hydrogen (secondary N) is 5. The summed E-state index contributed by atoms with van der Waals surface area (Å²) in [6.07, 6.45) is -0.205. The lowest BCUT2D eigenvalue weighted by molar-refractivity contribution is -0.150. The Morgan fingerprint density at radius 3 is 2.02 bits per heavy atom. The molecular weight excluding hydrogens is 704 g/mol. The summed E-state index contributed by atoms with van der Waals surface area (Å²) in [6.45, 7) is -2.23. The second kappa shape index (κ2) is 21.4. The number of aliphatic hydroxyl groups excluding tert-OH is 1. The third-order valence-corrected chi connectivity index (χ3v) is 7.82. The summed E-state index contributed by atoms with van der Waals surface area (Å²) in [4.78, 5) is 104. The Bertz CT molecular complexity index is 1520. The maximum atomic E-state index is 13.2. The molecule has 1 fully saturated rings. The van der Waals surface area contributed by atoms with Crippen molar-refractivity contribution in [2.45, 2.75) is 68.7 Å². The molecule has 0 aromatic heterocycles. The largest absolute Gasteiger partial charge is 0.508 e. The number of nitrogens with two attached hydrogens (primary N) is 3. The topological polar surface area (TPSA) is 371 Å². The third-order valence-electron chi connectivity index (χ3n) is 7.82. The van der Waals surface area contributed by atoms with Crippen LogP contribution in [0.2, 0.25) is 0 Å². The molecule has 22 nitrogen and oxygen atoms in total. The standard InChI is InChI=1S/C31H46N10O12/c32-18(11-16-5-7-17(43)8-6-16)26(48)36-13-24(45)39-20(12-25(46)47)27(49)37-14-23(44)38-19(3-1-9-35-31(33)34)28(50)40-21(15-42)29(51)41-10-2-4-22(41)30(52)53/h5-8,18-22,42-43H,1-4,9-15,32H2,(H,36,48)(H,37,49)(H,38,44)(H,39,45)(H,40,50)(H,46,47)(H,52,53)(H4,33,34,35)/t18-,19-,20-,21-,22-/m0/s1. The molecule has 1 saturated heterocycles. The van der Waals surface area contributed by atoms with Crippen molar-refractivity contribution in [3.8, 4) is 5.75 Å². The van der Waals surface area contributed by atoms with Gasteiger partial charge in [-0.1, -0.05) is 12.1 Å². The number of aromatic hydroxyl groups is 1. The van der Waals surface area contributed by atoms with Gasteiger partial charge in [0.1, 0.15) is 29.9 Å². The molecule has 0 spiro atoms. The Labute approximate surface area is 302 Å². The molecule has 1 heterocycles. The van der Waals surface area contributed by atoms with Gasteiger partial charge in [0, 0.05) is 13.1 Å². The highest BCUT2D eigenvalue weighted by Crippen LogP contribution is 2.18. The number of rotatable bonds is 21. The van der Waals surface area contributed by atoms with E-state index in [1.54, 1.807) is 12.1 Å². The van der Waals surface area contributed by atoms with E-state index in [-0.39, 0.29) is 50.5 Å². The molecule has 53 heavy (non-hydrogen) atoms. The highest BCUT2D eigenvalue weighted by Gasteiger charge is 2.38. The summed E-state index contributed by atoms with van der Waals surface area (Å²) < 4.78 is 0. The molecule has 5 atom stereocenters. The van der Waals surface area contributed by atoms with Crippen LogP contribution in [-0.2, 0) is 44.8 Å². The fraction of sp³-hybridized carbons (Fsp3) is 0.516. The number of aliphatic imine (C=N–C) groups is 1. The fourth-order valence-corrected chi connectivity index (χ4v) is 5.16. The van der Waals surface area contributed by atoms with E-state index in [1.807, 2.05) is 0 Å². The zero-order valence-electron chi connectivity index (χ0n) is 28.7. The molecule has 1 aliphatic rings. The van der Waals surface area contributed by atoms with E-state index in [4.69, 9.17) is 17.2 Å². The lowest BCUT2D eigenvalue weighted by Crippen LogP contribution is -2.58. The van der Waals surface area contributed by atoms with Gasteiger partial charge < -0.3 is 69.1 Å². The van der Waals surface area contributed by atoms with Crippen LogP contribution >= 0.6 is 0 Å². The van der Waals surface area contributed by atoms with Crippen molar-refractivity contribution in [1.82, 2.24) is 31.5 Å². The molecule has 1 aromatic rings. The summed E-state index contributed by atoms with van der Waals surface area (Å²) in [5.74, 6) is -8.44. The number of aliphatic carboxylic acids is 2. The normalized spacial score (nSPS) is 15.8. The molecule has 2 rings (SSSR count). The van der Waals surface area contributed by atoms with E-state index in [2.05, 4.69) is 31.6 Å². The van der Waals surface area contributed by atoms with E-state index in [0.29, 0.717) is 12.0 Å². The Kier molecular flexibility index (Phi) is 17.4. The van der Waals surface area contributed by atoms with Crippen LogP contribution in [0, 0.1) is 0 Å². The number of carboxylic acids is 2. The summed E-state index contributed by atoms with van der Waals surface area (Å²) in [7, 11) is 0.